The Morgan fingerprint density at radius 3 is 2.84 bits per heavy atom. The summed E-state index contributed by atoms with van der Waals surface area (Å²) < 4.78 is 5.62. The molecular formula is C15H17ClN2O. The predicted molar refractivity (Wildman–Crippen MR) is 78.4 cm³/mol. The van der Waals surface area contributed by atoms with Gasteiger partial charge in [-0.15, -0.1) is 0 Å². The van der Waals surface area contributed by atoms with E-state index in [0.717, 1.165) is 29.0 Å². The molecule has 0 bridgehead atoms. The van der Waals surface area contributed by atoms with Gasteiger partial charge in [0.05, 0.1) is 18.5 Å². The third-order valence-electron chi connectivity index (χ3n) is 2.75. The van der Waals surface area contributed by atoms with Crippen molar-refractivity contribution in [2.45, 2.75) is 19.9 Å². The van der Waals surface area contributed by atoms with Crippen molar-refractivity contribution < 1.29 is 4.74 Å². The topological polar surface area (TPSA) is 48.1 Å². The molecule has 0 fully saturated rings. The van der Waals surface area contributed by atoms with Crippen LogP contribution in [0.4, 0.5) is 0 Å². The number of aromatic nitrogens is 1. The Kier molecular flexibility index (Phi) is 4.77. The molecule has 0 saturated heterocycles. The van der Waals surface area contributed by atoms with Gasteiger partial charge in [-0.25, -0.2) is 0 Å². The molecule has 0 aliphatic heterocycles. The van der Waals surface area contributed by atoms with E-state index in [2.05, 4.69) is 11.9 Å². The van der Waals surface area contributed by atoms with Crippen LogP contribution >= 0.6 is 11.6 Å². The fraction of sp³-hybridized carbons (Fsp3) is 0.267. The molecule has 1 heterocycles. The van der Waals surface area contributed by atoms with Gasteiger partial charge in [-0.3, -0.25) is 4.98 Å². The molecule has 1 aromatic heterocycles. The van der Waals surface area contributed by atoms with Gasteiger partial charge >= 0.3 is 0 Å². The van der Waals surface area contributed by atoms with Crippen LogP contribution in [0.25, 0.3) is 11.3 Å². The highest BCUT2D eigenvalue weighted by molar-refractivity contribution is 6.30. The second kappa shape index (κ2) is 6.55. The predicted octanol–water partition coefficient (Wildman–Crippen LogP) is 3.65. The van der Waals surface area contributed by atoms with E-state index in [1.54, 1.807) is 6.20 Å². The number of halogens is 1. The van der Waals surface area contributed by atoms with E-state index in [0.29, 0.717) is 18.2 Å². The standard InChI is InChI=1S/C15H17ClN2O/c1-2-6-19-15-10-18-14(8-12(15)9-17)11-4-3-5-13(16)7-11/h3-5,7-8,10H,2,6,9,17H2,1H3. The lowest BCUT2D eigenvalue weighted by atomic mass is 10.1. The summed E-state index contributed by atoms with van der Waals surface area (Å²) in [7, 11) is 0. The van der Waals surface area contributed by atoms with Gasteiger partial charge in [-0.2, -0.15) is 0 Å². The van der Waals surface area contributed by atoms with Crippen LogP contribution in [0.5, 0.6) is 5.75 Å². The number of hydrogen-bond donors (Lipinski definition) is 1. The van der Waals surface area contributed by atoms with Crippen molar-refractivity contribution in [3.05, 3.63) is 47.1 Å². The van der Waals surface area contributed by atoms with Gasteiger partial charge in [0, 0.05) is 22.7 Å². The summed E-state index contributed by atoms with van der Waals surface area (Å²) in [5, 5.41) is 0.694. The summed E-state index contributed by atoms with van der Waals surface area (Å²) in [5.74, 6) is 0.759. The summed E-state index contributed by atoms with van der Waals surface area (Å²) in [4.78, 5) is 4.41. The summed E-state index contributed by atoms with van der Waals surface area (Å²) >= 11 is 5.99. The molecule has 4 heteroatoms. The van der Waals surface area contributed by atoms with Crippen molar-refractivity contribution in [3.63, 3.8) is 0 Å². The molecule has 3 nitrogen and oxygen atoms in total. The maximum atomic E-state index is 5.99. The van der Waals surface area contributed by atoms with E-state index >= 15 is 0 Å². The molecule has 0 aliphatic rings. The minimum Gasteiger partial charge on any atom is -0.492 e. The van der Waals surface area contributed by atoms with Gasteiger partial charge in [-0.05, 0) is 24.6 Å². The van der Waals surface area contributed by atoms with Gasteiger partial charge in [-0.1, -0.05) is 30.7 Å². The van der Waals surface area contributed by atoms with E-state index < -0.39 is 0 Å². The molecule has 2 rings (SSSR count). The maximum Gasteiger partial charge on any atom is 0.142 e. The largest absolute Gasteiger partial charge is 0.492 e. The normalized spacial score (nSPS) is 10.5. The number of benzene rings is 1. The average molecular weight is 277 g/mol. The Bertz CT molecular complexity index is 558. The first-order valence-corrected chi connectivity index (χ1v) is 6.70. The zero-order valence-corrected chi connectivity index (χ0v) is 11.7. The summed E-state index contributed by atoms with van der Waals surface area (Å²) in [5.41, 5.74) is 8.55. The quantitative estimate of drug-likeness (QED) is 0.907. The van der Waals surface area contributed by atoms with Crippen LogP contribution in [0.1, 0.15) is 18.9 Å². The van der Waals surface area contributed by atoms with Gasteiger partial charge < -0.3 is 10.5 Å². The molecule has 1 aromatic carbocycles. The first-order chi connectivity index (χ1) is 9.24. The fourth-order valence-electron chi connectivity index (χ4n) is 1.79. The third-order valence-corrected chi connectivity index (χ3v) is 2.99. The lowest BCUT2D eigenvalue weighted by Gasteiger charge is -2.11. The second-order valence-electron chi connectivity index (χ2n) is 4.24. The summed E-state index contributed by atoms with van der Waals surface area (Å²) in [6.07, 6.45) is 2.69. The molecule has 0 spiro atoms. The average Bonchev–Trinajstić information content (AvgIpc) is 2.45. The van der Waals surface area contributed by atoms with Crippen LogP contribution in [-0.4, -0.2) is 11.6 Å². The maximum absolute atomic E-state index is 5.99. The number of pyridine rings is 1. The van der Waals surface area contributed by atoms with Crippen molar-refractivity contribution in [1.82, 2.24) is 4.98 Å². The number of ether oxygens (including phenoxy) is 1. The molecule has 0 amide bonds. The van der Waals surface area contributed by atoms with Crippen LogP contribution < -0.4 is 10.5 Å². The van der Waals surface area contributed by atoms with E-state index in [-0.39, 0.29) is 0 Å². The third kappa shape index (κ3) is 3.46. The molecule has 0 atom stereocenters. The lowest BCUT2D eigenvalue weighted by molar-refractivity contribution is 0.313. The Morgan fingerprint density at radius 1 is 1.32 bits per heavy atom. The van der Waals surface area contributed by atoms with Crippen LogP contribution in [0.15, 0.2) is 36.5 Å². The van der Waals surface area contributed by atoms with Crippen molar-refractivity contribution >= 4 is 11.6 Å². The van der Waals surface area contributed by atoms with Crippen LogP contribution in [0, 0.1) is 0 Å². The van der Waals surface area contributed by atoms with Crippen LogP contribution in [-0.2, 0) is 6.54 Å². The zero-order chi connectivity index (χ0) is 13.7. The highest BCUT2D eigenvalue weighted by atomic mass is 35.5. The molecule has 100 valence electrons. The number of nitrogens with zero attached hydrogens (tertiary/aromatic N) is 1. The zero-order valence-electron chi connectivity index (χ0n) is 10.9. The smallest absolute Gasteiger partial charge is 0.142 e. The van der Waals surface area contributed by atoms with Crippen LogP contribution in [0.3, 0.4) is 0 Å². The molecular weight excluding hydrogens is 260 g/mol. The van der Waals surface area contributed by atoms with E-state index in [1.807, 2.05) is 30.3 Å². The molecule has 0 aliphatic carbocycles. The molecule has 19 heavy (non-hydrogen) atoms. The van der Waals surface area contributed by atoms with Crippen molar-refractivity contribution in [1.29, 1.82) is 0 Å². The number of hydrogen-bond acceptors (Lipinski definition) is 3. The van der Waals surface area contributed by atoms with Gasteiger partial charge in [0.25, 0.3) is 0 Å². The van der Waals surface area contributed by atoms with Crippen molar-refractivity contribution in [3.8, 4) is 17.0 Å². The summed E-state index contributed by atoms with van der Waals surface area (Å²) in [6.45, 7) is 3.16. The van der Waals surface area contributed by atoms with E-state index in [4.69, 9.17) is 22.1 Å². The first kappa shape index (κ1) is 13.8. The molecule has 0 saturated carbocycles. The Morgan fingerprint density at radius 2 is 2.16 bits per heavy atom. The highest BCUT2D eigenvalue weighted by Gasteiger charge is 2.07. The second-order valence-corrected chi connectivity index (χ2v) is 4.68. The molecule has 2 aromatic rings. The Labute approximate surface area is 118 Å². The molecule has 2 N–H and O–H groups in total. The Balaban J connectivity index is 2.33. The minimum absolute atomic E-state index is 0.426. The summed E-state index contributed by atoms with van der Waals surface area (Å²) in [6, 6.07) is 9.56. The fourth-order valence-corrected chi connectivity index (χ4v) is 1.98. The Hall–Kier alpha value is -1.58. The highest BCUT2D eigenvalue weighted by Crippen LogP contribution is 2.25. The molecule has 0 radical (unpaired) electrons. The monoisotopic (exact) mass is 276 g/mol. The van der Waals surface area contributed by atoms with Gasteiger partial charge in [0.15, 0.2) is 0 Å². The number of nitrogens with two attached hydrogens (primary N) is 1. The minimum atomic E-state index is 0.426. The van der Waals surface area contributed by atoms with Gasteiger partial charge in [0.1, 0.15) is 5.75 Å². The number of rotatable bonds is 5. The van der Waals surface area contributed by atoms with Gasteiger partial charge in [0.2, 0.25) is 0 Å². The van der Waals surface area contributed by atoms with Crippen LogP contribution in [0.2, 0.25) is 5.02 Å². The van der Waals surface area contributed by atoms with E-state index in [9.17, 15) is 0 Å². The van der Waals surface area contributed by atoms with Crippen molar-refractivity contribution in [2.75, 3.05) is 6.61 Å². The first-order valence-electron chi connectivity index (χ1n) is 6.32. The van der Waals surface area contributed by atoms with Crippen molar-refractivity contribution in [2.24, 2.45) is 5.73 Å². The molecule has 0 unspecified atom stereocenters. The lowest BCUT2D eigenvalue weighted by Crippen LogP contribution is -2.04. The van der Waals surface area contributed by atoms with E-state index in [1.165, 1.54) is 0 Å². The SMILES string of the molecule is CCCOc1cnc(-c2cccc(Cl)c2)cc1CN.